The second-order valence-electron chi connectivity index (χ2n) is 6.79. The van der Waals surface area contributed by atoms with E-state index in [2.05, 4.69) is 15.4 Å². The fraction of sp³-hybridized carbons (Fsp3) is 0.421. The van der Waals surface area contributed by atoms with Crippen molar-refractivity contribution in [2.45, 2.75) is 39.3 Å². The number of hydrogen-bond donors (Lipinski definition) is 1. The molecule has 1 unspecified atom stereocenters. The average molecular weight is 353 g/mol. The van der Waals surface area contributed by atoms with Gasteiger partial charge in [-0.2, -0.15) is 5.10 Å². The number of nitrogens with zero attached hydrogens (tertiary/aromatic N) is 4. The topological polar surface area (TPSA) is 74.0 Å². The highest BCUT2D eigenvalue weighted by Gasteiger charge is 2.19. The Labute approximate surface area is 152 Å². The van der Waals surface area contributed by atoms with Gasteiger partial charge in [0, 0.05) is 31.2 Å². The van der Waals surface area contributed by atoms with Gasteiger partial charge in [-0.3, -0.25) is 4.79 Å². The van der Waals surface area contributed by atoms with E-state index in [4.69, 9.17) is 4.74 Å². The fourth-order valence-electron chi connectivity index (χ4n) is 3.48. The molecule has 1 N–H and O–H groups in total. The SMILES string of the molecule is Cc1cc(C)c2c(-n3cccc3)nn(CC(=O)NCC3CCCO3)c2n1. The summed E-state index contributed by atoms with van der Waals surface area (Å²) >= 11 is 0. The van der Waals surface area contributed by atoms with Gasteiger partial charge in [0.2, 0.25) is 5.91 Å². The van der Waals surface area contributed by atoms with Crippen LogP contribution in [-0.4, -0.2) is 44.5 Å². The molecule has 0 spiro atoms. The van der Waals surface area contributed by atoms with Crippen molar-refractivity contribution in [1.29, 1.82) is 0 Å². The van der Waals surface area contributed by atoms with Crippen molar-refractivity contribution in [3.63, 3.8) is 0 Å². The number of rotatable bonds is 5. The number of aromatic nitrogens is 4. The first-order chi connectivity index (χ1) is 12.6. The van der Waals surface area contributed by atoms with Gasteiger partial charge in [-0.25, -0.2) is 9.67 Å². The summed E-state index contributed by atoms with van der Waals surface area (Å²) in [6, 6.07) is 5.95. The molecule has 26 heavy (non-hydrogen) atoms. The highest BCUT2D eigenvalue weighted by Crippen LogP contribution is 2.25. The number of aryl methyl sites for hydroxylation is 2. The van der Waals surface area contributed by atoms with Crippen LogP contribution in [0.4, 0.5) is 0 Å². The van der Waals surface area contributed by atoms with Gasteiger partial charge in [-0.15, -0.1) is 0 Å². The van der Waals surface area contributed by atoms with E-state index < -0.39 is 0 Å². The highest BCUT2D eigenvalue weighted by molar-refractivity contribution is 5.88. The van der Waals surface area contributed by atoms with E-state index in [1.807, 2.05) is 49.0 Å². The third kappa shape index (κ3) is 3.22. The van der Waals surface area contributed by atoms with E-state index >= 15 is 0 Å². The van der Waals surface area contributed by atoms with Crippen molar-refractivity contribution in [2.75, 3.05) is 13.2 Å². The molecule has 7 heteroatoms. The van der Waals surface area contributed by atoms with Gasteiger partial charge >= 0.3 is 0 Å². The molecule has 4 rings (SSSR count). The van der Waals surface area contributed by atoms with Crippen LogP contribution in [0.2, 0.25) is 0 Å². The minimum atomic E-state index is -0.0788. The standard InChI is InChI=1S/C19H23N5O2/c1-13-10-14(2)21-18-17(13)19(23-7-3-4-8-23)22-24(18)12-16(25)20-11-15-6-5-9-26-15/h3-4,7-8,10,15H,5-6,9,11-12H2,1-2H3,(H,20,25). The lowest BCUT2D eigenvalue weighted by Crippen LogP contribution is -2.34. The Morgan fingerprint density at radius 1 is 1.35 bits per heavy atom. The number of nitrogens with one attached hydrogen (secondary N) is 1. The zero-order chi connectivity index (χ0) is 18.1. The zero-order valence-electron chi connectivity index (χ0n) is 15.1. The van der Waals surface area contributed by atoms with Crippen LogP contribution < -0.4 is 5.32 Å². The van der Waals surface area contributed by atoms with Crippen LogP contribution in [0.25, 0.3) is 16.9 Å². The number of hydrogen-bond acceptors (Lipinski definition) is 4. The van der Waals surface area contributed by atoms with Gasteiger partial charge in [0.25, 0.3) is 0 Å². The van der Waals surface area contributed by atoms with Gasteiger partial charge in [0.15, 0.2) is 11.5 Å². The van der Waals surface area contributed by atoms with E-state index in [1.54, 1.807) is 4.68 Å². The number of fused-ring (bicyclic) bond motifs is 1. The van der Waals surface area contributed by atoms with Crippen molar-refractivity contribution >= 4 is 16.9 Å². The van der Waals surface area contributed by atoms with Crippen LogP contribution in [0.5, 0.6) is 0 Å². The van der Waals surface area contributed by atoms with Crippen molar-refractivity contribution in [1.82, 2.24) is 24.6 Å². The maximum Gasteiger partial charge on any atom is 0.241 e. The third-order valence-corrected chi connectivity index (χ3v) is 4.70. The third-order valence-electron chi connectivity index (χ3n) is 4.70. The zero-order valence-corrected chi connectivity index (χ0v) is 15.1. The van der Waals surface area contributed by atoms with E-state index in [1.165, 1.54) is 0 Å². The smallest absolute Gasteiger partial charge is 0.241 e. The monoisotopic (exact) mass is 353 g/mol. The molecule has 3 aromatic heterocycles. The lowest BCUT2D eigenvalue weighted by Gasteiger charge is -2.11. The maximum atomic E-state index is 12.4. The van der Waals surface area contributed by atoms with Crippen LogP contribution in [0.15, 0.2) is 30.6 Å². The number of ether oxygens (including phenoxy) is 1. The Morgan fingerprint density at radius 3 is 2.88 bits per heavy atom. The van der Waals surface area contributed by atoms with Crippen LogP contribution in [-0.2, 0) is 16.1 Å². The minimum Gasteiger partial charge on any atom is -0.376 e. The Morgan fingerprint density at radius 2 is 2.15 bits per heavy atom. The first kappa shape index (κ1) is 16.8. The molecule has 1 atom stereocenters. The van der Waals surface area contributed by atoms with Crippen LogP contribution in [0.1, 0.15) is 24.1 Å². The quantitative estimate of drug-likeness (QED) is 0.763. The first-order valence-corrected chi connectivity index (χ1v) is 8.98. The molecule has 1 aliphatic rings. The lowest BCUT2D eigenvalue weighted by molar-refractivity contribution is -0.122. The molecule has 4 heterocycles. The fourth-order valence-corrected chi connectivity index (χ4v) is 3.48. The van der Waals surface area contributed by atoms with Gasteiger partial charge in [0.05, 0.1) is 11.5 Å². The van der Waals surface area contributed by atoms with Crippen molar-refractivity contribution in [3.05, 3.63) is 41.9 Å². The molecule has 0 aromatic carbocycles. The van der Waals surface area contributed by atoms with E-state index in [0.717, 1.165) is 47.6 Å². The van der Waals surface area contributed by atoms with Crippen LogP contribution in [0.3, 0.4) is 0 Å². The summed E-state index contributed by atoms with van der Waals surface area (Å²) in [4.78, 5) is 17.1. The van der Waals surface area contributed by atoms with Crippen LogP contribution >= 0.6 is 0 Å². The number of amides is 1. The number of carbonyl (C=O) groups excluding carboxylic acids is 1. The van der Waals surface area contributed by atoms with E-state index in [-0.39, 0.29) is 18.6 Å². The molecule has 1 amide bonds. The van der Waals surface area contributed by atoms with Gasteiger partial charge < -0.3 is 14.6 Å². The van der Waals surface area contributed by atoms with E-state index in [0.29, 0.717) is 6.54 Å². The van der Waals surface area contributed by atoms with Crippen LogP contribution in [0, 0.1) is 13.8 Å². The average Bonchev–Trinajstić information content (AvgIpc) is 3.34. The Balaban J connectivity index is 1.63. The molecular formula is C19H23N5O2. The molecule has 136 valence electrons. The molecule has 7 nitrogen and oxygen atoms in total. The summed E-state index contributed by atoms with van der Waals surface area (Å²) in [7, 11) is 0. The first-order valence-electron chi connectivity index (χ1n) is 8.98. The molecular weight excluding hydrogens is 330 g/mol. The molecule has 1 fully saturated rings. The molecule has 0 radical (unpaired) electrons. The summed E-state index contributed by atoms with van der Waals surface area (Å²) in [6.07, 6.45) is 6.09. The Hall–Kier alpha value is -2.67. The molecule has 1 aliphatic heterocycles. The Kier molecular flexibility index (Phi) is 4.46. The highest BCUT2D eigenvalue weighted by atomic mass is 16.5. The van der Waals surface area contributed by atoms with Gasteiger partial charge in [0.1, 0.15) is 6.54 Å². The minimum absolute atomic E-state index is 0.0788. The molecule has 0 aliphatic carbocycles. The van der Waals surface area contributed by atoms with Crippen molar-refractivity contribution < 1.29 is 9.53 Å². The predicted octanol–water partition coefficient (Wildman–Crippen LogP) is 2.13. The maximum absolute atomic E-state index is 12.4. The van der Waals surface area contributed by atoms with Crippen molar-refractivity contribution in [2.24, 2.45) is 0 Å². The van der Waals surface area contributed by atoms with Gasteiger partial charge in [-0.1, -0.05) is 0 Å². The summed E-state index contributed by atoms with van der Waals surface area (Å²) in [5, 5.41) is 8.60. The number of carbonyl (C=O) groups is 1. The molecule has 1 saturated heterocycles. The summed E-state index contributed by atoms with van der Waals surface area (Å²) in [5.41, 5.74) is 2.75. The molecule has 3 aromatic rings. The largest absolute Gasteiger partial charge is 0.376 e. The van der Waals surface area contributed by atoms with Crippen molar-refractivity contribution in [3.8, 4) is 5.82 Å². The predicted molar refractivity (Wildman–Crippen MR) is 98.3 cm³/mol. The summed E-state index contributed by atoms with van der Waals surface area (Å²) in [6.45, 7) is 5.48. The second kappa shape index (κ2) is 6.92. The van der Waals surface area contributed by atoms with E-state index in [9.17, 15) is 4.79 Å². The number of pyridine rings is 1. The second-order valence-corrected chi connectivity index (χ2v) is 6.79. The lowest BCUT2D eigenvalue weighted by atomic mass is 10.2. The molecule has 0 bridgehead atoms. The molecule has 0 saturated carbocycles. The Bertz CT molecular complexity index is 923. The summed E-state index contributed by atoms with van der Waals surface area (Å²) < 4.78 is 9.20. The normalized spacial score (nSPS) is 17.1. The summed E-state index contributed by atoms with van der Waals surface area (Å²) in [5.74, 6) is 0.715. The van der Waals surface area contributed by atoms with Gasteiger partial charge in [-0.05, 0) is 50.5 Å².